The first-order valence-electron chi connectivity index (χ1n) is 8.87. The Balaban J connectivity index is 1.85. The van der Waals surface area contributed by atoms with Crippen LogP contribution in [0.4, 0.5) is 0 Å². The van der Waals surface area contributed by atoms with E-state index in [0.29, 0.717) is 23.2 Å². The molecule has 28 heavy (non-hydrogen) atoms. The van der Waals surface area contributed by atoms with Gasteiger partial charge in [-0.2, -0.15) is 4.99 Å². The van der Waals surface area contributed by atoms with Gasteiger partial charge in [0.25, 0.3) is 5.91 Å². The van der Waals surface area contributed by atoms with E-state index in [9.17, 15) is 13.2 Å². The number of amides is 1. The van der Waals surface area contributed by atoms with Crippen LogP contribution in [0.1, 0.15) is 27.0 Å². The SMILES string of the molecule is Cc1ccc(Cn2ccccc2=NC(=O)c2ccc(CS(C)(=O)=O)cc2)cc1. The van der Waals surface area contributed by atoms with Gasteiger partial charge in [0.2, 0.25) is 0 Å². The van der Waals surface area contributed by atoms with Crippen molar-refractivity contribution >= 4 is 15.7 Å². The summed E-state index contributed by atoms with van der Waals surface area (Å²) < 4.78 is 24.7. The molecule has 5 nitrogen and oxygen atoms in total. The van der Waals surface area contributed by atoms with E-state index < -0.39 is 9.84 Å². The van der Waals surface area contributed by atoms with E-state index >= 15 is 0 Å². The standard InChI is InChI=1S/C22H22N2O3S/c1-17-6-8-18(9-7-17)15-24-14-4-3-5-21(24)23-22(25)20-12-10-19(11-13-20)16-28(2,26)27/h3-14H,15-16H2,1-2H3. The molecule has 0 fully saturated rings. The summed E-state index contributed by atoms with van der Waals surface area (Å²) >= 11 is 0. The molecule has 0 aliphatic heterocycles. The second-order valence-corrected chi connectivity index (χ2v) is 9.00. The van der Waals surface area contributed by atoms with Crippen LogP contribution >= 0.6 is 0 Å². The minimum absolute atomic E-state index is 0.0478. The van der Waals surface area contributed by atoms with Crippen LogP contribution in [-0.2, 0) is 22.1 Å². The van der Waals surface area contributed by atoms with Crippen molar-refractivity contribution in [2.24, 2.45) is 4.99 Å². The first-order chi connectivity index (χ1) is 13.3. The van der Waals surface area contributed by atoms with Crippen molar-refractivity contribution < 1.29 is 13.2 Å². The largest absolute Gasteiger partial charge is 0.328 e. The molecule has 0 aliphatic carbocycles. The molecule has 0 aliphatic rings. The molecule has 144 valence electrons. The molecule has 0 bridgehead atoms. The van der Waals surface area contributed by atoms with Crippen molar-refractivity contribution in [3.05, 3.63) is 101 Å². The molecule has 0 saturated heterocycles. The summed E-state index contributed by atoms with van der Waals surface area (Å²) in [7, 11) is -3.11. The zero-order valence-corrected chi connectivity index (χ0v) is 16.7. The van der Waals surface area contributed by atoms with E-state index in [-0.39, 0.29) is 11.7 Å². The lowest BCUT2D eigenvalue weighted by molar-refractivity contribution is 0.0997. The Morgan fingerprint density at radius 2 is 1.57 bits per heavy atom. The zero-order valence-electron chi connectivity index (χ0n) is 15.9. The van der Waals surface area contributed by atoms with Gasteiger partial charge >= 0.3 is 0 Å². The first kappa shape index (κ1) is 19.8. The fraction of sp³-hybridized carbons (Fsp3) is 0.182. The van der Waals surface area contributed by atoms with Crippen molar-refractivity contribution in [1.82, 2.24) is 4.57 Å². The van der Waals surface area contributed by atoms with Gasteiger partial charge in [-0.05, 0) is 42.3 Å². The Morgan fingerprint density at radius 1 is 0.929 bits per heavy atom. The monoisotopic (exact) mass is 394 g/mol. The average molecular weight is 394 g/mol. The van der Waals surface area contributed by atoms with Crippen molar-refractivity contribution in [2.75, 3.05) is 6.26 Å². The number of hydrogen-bond donors (Lipinski definition) is 0. The van der Waals surface area contributed by atoms with Crippen LogP contribution in [0.15, 0.2) is 77.9 Å². The number of rotatable bonds is 5. The number of carbonyl (C=O) groups is 1. The average Bonchev–Trinajstić information content (AvgIpc) is 2.64. The van der Waals surface area contributed by atoms with Gasteiger partial charge in [0.15, 0.2) is 9.84 Å². The van der Waals surface area contributed by atoms with Gasteiger partial charge in [0.05, 0.1) is 5.75 Å². The number of pyridine rings is 1. The fourth-order valence-corrected chi connectivity index (χ4v) is 3.61. The fourth-order valence-electron chi connectivity index (χ4n) is 2.81. The second kappa shape index (κ2) is 8.35. The van der Waals surface area contributed by atoms with Crippen LogP contribution in [0, 0.1) is 6.92 Å². The van der Waals surface area contributed by atoms with E-state index in [1.807, 2.05) is 29.8 Å². The lowest BCUT2D eigenvalue weighted by atomic mass is 10.1. The van der Waals surface area contributed by atoms with Crippen molar-refractivity contribution in [3.63, 3.8) is 0 Å². The van der Waals surface area contributed by atoms with Gasteiger partial charge in [0, 0.05) is 24.6 Å². The molecule has 0 spiro atoms. The van der Waals surface area contributed by atoms with Gasteiger partial charge < -0.3 is 4.57 Å². The van der Waals surface area contributed by atoms with Crippen LogP contribution in [0.2, 0.25) is 0 Å². The predicted octanol–water partition coefficient (Wildman–Crippen LogP) is 3.13. The summed E-state index contributed by atoms with van der Waals surface area (Å²) in [5.74, 6) is -0.414. The Labute approximate surface area is 164 Å². The zero-order chi connectivity index (χ0) is 20.1. The van der Waals surface area contributed by atoms with Gasteiger partial charge in [-0.3, -0.25) is 4.79 Å². The minimum atomic E-state index is -3.11. The molecule has 3 aromatic rings. The van der Waals surface area contributed by atoms with Crippen LogP contribution in [0.5, 0.6) is 0 Å². The molecule has 2 aromatic carbocycles. The van der Waals surface area contributed by atoms with E-state index in [2.05, 4.69) is 29.3 Å². The van der Waals surface area contributed by atoms with Crippen molar-refractivity contribution in [2.45, 2.75) is 19.2 Å². The van der Waals surface area contributed by atoms with E-state index in [4.69, 9.17) is 0 Å². The second-order valence-electron chi connectivity index (χ2n) is 6.86. The number of benzene rings is 2. The Morgan fingerprint density at radius 3 is 2.21 bits per heavy atom. The molecule has 0 unspecified atom stereocenters. The number of nitrogens with zero attached hydrogens (tertiary/aromatic N) is 2. The number of sulfone groups is 1. The summed E-state index contributed by atoms with van der Waals surface area (Å²) in [4.78, 5) is 16.8. The maximum Gasteiger partial charge on any atom is 0.278 e. The number of hydrogen-bond acceptors (Lipinski definition) is 3. The Kier molecular flexibility index (Phi) is 5.90. The van der Waals surface area contributed by atoms with Gasteiger partial charge in [-0.15, -0.1) is 0 Å². The quantitative estimate of drug-likeness (QED) is 0.668. The molecule has 1 heterocycles. The van der Waals surface area contributed by atoms with Crippen molar-refractivity contribution in [3.8, 4) is 0 Å². The van der Waals surface area contributed by atoms with Crippen LogP contribution in [0.25, 0.3) is 0 Å². The van der Waals surface area contributed by atoms with E-state index in [1.165, 1.54) is 11.8 Å². The van der Waals surface area contributed by atoms with Crippen LogP contribution < -0.4 is 5.49 Å². The summed E-state index contributed by atoms with van der Waals surface area (Å²) in [6.45, 7) is 2.65. The Bertz CT molecular complexity index is 1140. The third kappa shape index (κ3) is 5.50. The van der Waals surface area contributed by atoms with E-state index in [0.717, 1.165) is 5.56 Å². The summed E-state index contributed by atoms with van der Waals surface area (Å²) in [6.07, 6.45) is 3.07. The molecule has 3 rings (SSSR count). The van der Waals surface area contributed by atoms with Gasteiger partial charge in [-0.25, -0.2) is 8.42 Å². The Hall–Kier alpha value is -2.99. The molecule has 0 atom stereocenters. The molecule has 0 N–H and O–H groups in total. The lowest BCUT2D eigenvalue weighted by Gasteiger charge is -2.08. The van der Waals surface area contributed by atoms with Crippen molar-refractivity contribution in [1.29, 1.82) is 0 Å². The first-order valence-corrected chi connectivity index (χ1v) is 10.9. The van der Waals surface area contributed by atoms with Crippen LogP contribution in [0.3, 0.4) is 0 Å². The highest BCUT2D eigenvalue weighted by atomic mass is 32.2. The molecule has 1 aromatic heterocycles. The van der Waals surface area contributed by atoms with Gasteiger partial charge in [0.1, 0.15) is 5.49 Å². The third-order valence-corrected chi connectivity index (χ3v) is 5.09. The number of aromatic nitrogens is 1. The lowest BCUT2D eigenvalue weighted by Crippen LogP contribution is -2.22. The maximum absolute atomic E-state index is 12.6. The summed E-state index contributed by atoms with van der Waals surface area (Å²) in [5.41, 5.74) is 3.95. The molecular formula is C22H22N2O3S. The van der Waals surface area contributed by atoms with E-state index in [1.54, 1.807) is 30.3 Å². The van der Waals surface area contributed by atoms with Gasteiger partial charge in [-0.1, -0.05) is 48.0 Å². The summed E-state index contributed by atoms with van der Waals surface area (Å²) in [6, 6.07) is 20.3. The minimum Gasteiger partial charge on any atom is -0.328 e. The molecular weight excluding hydrogens is 372 g/mol. The predicted molar refractivity (Wildman–Crippen MR) is 110 cm³/mol. The highest BCUT2D eigenvalue weighted by Crippen LogP contribution is 2.09. The molecule has 0 saturated carbocycles. The molecule has 1 amide bonds. The number of aryl methyl sites for hydroxylation is 1. The smallest absolute Gasteiger partial charge is 0.278 e. The topological polar surface area (TPSA) is 68.5 Å². The highest BCUT2D eigenvalue weighted by Gasteiger charge is 2.08. The number of carbonyl (C=O) groups excluding carboxylic acids is 1. The third-order valence-electron chi connectivity index (χ3n) is 4.24. The summed E-state index contributed by atoms with van der Waals surface area (Å²) in [5, 5.41) is 0. The molecule has 0 radical (unpaired) electrons. The van der Waals surface area contributed by atoms with Crippen LogP contribution in [-0.4, -0.2) is 25.1 Å². The normalized spacial score (nSPS) is 12.1. The molecule has 6 heteroatoms. The highest BCUT2D eigenvalue weighted by molar-refractivity contribution is 7.89. The maximum atomic E-state index is 12.6.